The number of halogens is 1. The highest BCUT2D eigenvalue weighted by molar-refractivity contribution is 5.68. The molecule has 4 heteroatoms. The average molecular weight is 264 g/mol. The molecule has 3 N–H and O–H groups in total. The second-order valence-corrected chi connectivity index (χ2v) is 5.91. The van der Waals surface area contributed by atoms with Crippen molar-refractivity contribution < 1.29 is 9.50 Å². The zero-order valence-electron chi connectivity index (χ0n) is 11.1. The Bertz CT molecular complexity index is 479. The van der Waals surface area contributed by atoms with Gasteiger partial charge in [-0.25, -0.2) is 4.39 Å². The number of rotatable bonds is 1. The number of hydrogen-bond donors (Lipinski definition) is 2. The number of para-hydroxylation sites is 1. The van der Waals surface area contributed by atoms with Crippen LogP contribution >= 0.6 is 0 Å². The number of nitrogens with two attached hydrogens (primary N) is 1. The molecule has 1 aromatic rings. The summed E-state index contributed by atoms with van der Waals surface area (Å²) in [6, 6.07) is 4.95. The Balaban J connectivity index is 1.83. The smallest absolute Gasteiger partial charge is 0.148 e. The summed E-state index contributed by atoms with van der Waals surface area (Å²) in [5, 5.41) is 10.6. The molecule has 1 heterocycles. The average Bonchev–Trinajstić information content (AvgIpc) is 2.41. The van der Waals surface area contributed by atoms with Crippen molar-refractivity contribution in [2.75, 3.05) is 23.7 Å². The van der Waals surface area contributed by atoms with Crippen LogP contribution in [0.5, 0.6) is 0 Å². The Morgan fingerprint density at radius 3 is 3.00 bits per heavy atom. The predicted octanol–water partition coefficient (Wildman–Crippen LogP) is 2.54. The van der Waals surface area contributed by atoms with Gasteiger partial charge in [0.15, 0.2) is 0 Å². The van der Waals surface area contributed by atoms with E-state index in [1.54, 1.807) is 6.07 Å². The van der Waals surface area contributed by atoms with E-state index in [0.29, 0.717) is 0 Å². The van der Waals surface area contributed by atoms with Crippen LogP contribution in [0.15, 0.2) is 18.2 Å². The van der Waals surface area contributed by atoms with Gasteiger partial charge >= 0.3 is 0 Å². The highest BCUT2D eigenvalue weighted by Gasteiger charge is 2.43. The first kappa shape index (κ1) is 12.7. The van der Waals surface area contributed by atoms with Gasteiger partial charge in [-0.05, 0) is 31.4 Å². The topological polar surface area (TPSA) is 49.5 Å². The molecule has 2 unspecified atom stereocenters. The maximum Gasteiger partial charge on any atom is 0.148 e. The van der Waals surface area contributed by atoms with E-state index in [-0.39, 0.29) is 17.4 Å². The van der Waals surface area contributed by atoms with E-state index in [1.807, 2.05) is 6.07 Å². The van der Waals surface area contributed by atoms with Crippen LogP contribution in [0.3, 0.4) is 0 Å². The van der Waals surface area contributed by atoms with Crippen LogP contribution in [-0.4, -0.2) is 23.8 Å². The van der Waals surface area contributed by atoms with Gasteiger partial charge in [-0.15, -0.1) is 0 Å². The number of piperidine rings is 1. The van der Waals surface area contributed by atoms with Crippen LogP contribution in [0.25, 0.3) is 0 Å². The standard InChI is InChI=1S/C15H21FN2O/c16-12-5-3-6-13(14(12)17)18-9-8-15(19)7-2-1-4-11(15)10-18/h3,5-6,11,19H,1-2,4,7-10,17H2. The van der Waals surface area contributed by atoms with Crippen LogP contribution in [-0.2, 0) is 0 Å². The van der Waals surface area contributed by atoms with Gasteiger partial charge in [0.25, 0.3) is 0 Å². The number of fused-ring (bicyclic) bond motifs is 1. The molecule has 0 aromatic heterocycles. The van der Waals surface area contributed by atoms with Gasteiger partial charge in [0.05, 0.1) is 17.0 Å². The van der Waals surface area contributed by atoms with Crippen LogP contribution in [0.4, 0.5) is 15.8 Å². The van der Waals surface area contributed by atoms with Gasteiger partial charge in [-0.2, -0.15) is 0 Å². The van der Waals surface area contributed by atoms with E-state index in [1.165, 1.54) is 12.5 Å². The number of hydrogen-bond acceptors (Lipinski definition) is 3. The molecule has 1 aromatic carbocycles. The lowest BCUT2D eigenvalue weighted by atomic mass is 9.71. The minimum atomic E-state index is -0.503. The molecule has 104 valence electrons. The number of nitrogens with zero attached hydrogens (tertiary/aromatic N) is 1. The molecule has 3 rings (SSSR count). The summed E-state index contributed by atoms with van der Waals surface area (Å²) in [6.07, 6.45) is 5.02. The lowest BCUT2D eigenvalue weighted by molar-refractivity contribution is -0.0612. The van der Waals surface area contributed by atoms with Crippen molar-refractivity contribution in [2.45, 2.75) is 37.7 Å². The van der Waals surface area contributed by atoms with Crippen LogP contribution in [0.2, 0.25) is 0 Å². The summed E-state index contributed by atoms with van der Waals surface area (Å²) >= 11 is 0. The molecule has 1 saturated heterocycles. The van der Waals surface area contributed by atoms with Gasteiger partial charge in [-0.3, -0.25) is 0 Å². The summed E-state index contributed by atoms with van der Waals surface area (Å²) < 4.78 is 13.5. The minimum absolute atomic E-state index is 0.226. The third-order valence-electron chi connectivity index (χ3n) is 4.80. The fraction of sp³-hybridized carbons (Fsp3) is 0.600. The summed E-state index contributed by atoms with van der Waals surface area (Å²) in [5.41, 5.74) is 6.33. The molecule has 1 aliphatic heterocycles. The van der Waals surface area contributed by atoms with Crippen molar-refractivity contribution >= 4 is 11.4 Å². The van der Waals surface area contributed by atoms with Gasteiger partial charge in [0, 0.05) is 19.0 Å². The zero-order valence-corrected chi connectivity index (χ0v) is 11.1. The number of nitrogen functional groups attached to an aromatic ring is 1. The Morgan fingerprint density at radius 1 is 1.32 bits per heavy atom. The molecule has 0 amide bonds. The van der Waals surface area contributed by atoms with Gasteiger partial charge in [0.1, 0.15) is 5.82 Å². The lowest BCUT2D eigenvalue weighted by Crippen LogP contribution is -2.53. The number of aliphatic hydroxyl groups is 1. The van der Waals surface area contributed by atoms with Crippen molar-refractivity contribution in [3.8, 4) is 0 Å². The Kier molecular flexibility index (Phi) is 3.13. The largest absolute Gasteiger partial charge is 0.395 e. The van der Waals surface area contributed by atoms with Crippen molar-refractivity contribution in [3.63, 3.8) is 0 Å². The van der Waals surface area contributed by atoms with E-state index in [4.69, 9.17) is 5.73 Å². The molecule has 0 spiro atoms. The molecule has 3 nitrogen and oxygen atoms in total. The van der Waals surface area contributed by atoms with E-state index in [2.05, 4.69) is 4.90 Å². The zero-order chi connectivity index (χ0) is 13.5. The number of benzene rings is 1. The van der Waals surface area contributed by atoms with Crippen molar-refractivity contribution in [2.24, 2.45) is 5.92 Å². The molecular weight excluding hydrogens is 243 g/mol. The molecule has 2 fully saturated rings. The Labute approximate surface area is 113 Å². The van der Waals surface area contributed by atoms with Gasteiger partial charge in [-0.1, -0.05) is 18.9 Å². The number of anilines is 2. The van der Waals surface area contributed by atoms with Crippen molar-refractivity contribution in [1.29, 1.82) is 0 Å². The molecule has 2 atom stereocenters. The molecule has 1 saturated carbocycles. The lowest BCUT2D eigenvalue weighted by Gasteiger charge is -2.48. The summed E-state index contributed by atoms with van der Waals surface area (Å²) in [4.78, 5) is 2.13. The predicted molar refractivity (Wildman–Crippen MR) is 74.6 cm³/mol. The highest BCUT2D eigenvalue weighted by Crippen LogP contribution is 2.41. The van der Waals surface area contributed by atoms with Crippen molar-refractivity contribution in [1.82, 2.24) is 0 Å². The van der Waals surface area contributed by atoms with E-state index in [9.17, 15) is 9.50 Å². The SMILES string of the molecule is Nc1c(F)cccc1N1CCC2(O)CCCCC2C1. The van der Waals surface area contributed by atoms with Crippen LogP contribution < -0.4 is 10.6 Å². The Morgan fingerprint density at radius 2 is 2.16 bits per heavy atom. The Hall–Kier alpha value is -1.29. The first-order chi connectivity index (χ1) is 9.10. The second-order valence-electron chi connectivity index (χ2n) is 5.91. The van der Waals surface area contributed by atoms with E-state index < -0.39 is 5.60 Å². The third-order valence-corrected chi connectivity index (χ3v) is 4.80. The molecule has 2 aliphatic rings. The quantitative estimate of drug-likeness (QED) is 0.766. The molecule has 1 aliphatic carbocycles. The third kappa shape index (κ3) is 2.18. The maximum atomic E-state index is 13.5. The maximum absolute atomic E-state index is 13.5. The fourth-order valence-corrected chi connectivity index (χ4v) is 3.59. The molecule has 19 heavy (non-hydrogen) atoms. The van der Waals surface area contributed by atoms with Crippen molar-refractivity contribution in [3.05, 3.63) is 24.0 Å². The molecular formula is C15H21FN2O. The molecule has 0 bridgehead atoms. The normalized spacial score (nSPS) is 31.1. The molecule has 0 radical (unpaired) electrons. The van der Waals surface area contributed by atoms with E-state index in [0.717, 1.165) is 44.5 Å². The summed E-state index contributed by atoms with van der Waals surface area (Å²) in [5.74, 6) is -0.0698. The first-order valence-electron chi connectivity index (χ1n) is 7.11. The monoisotopic (exact) mass is 264 g/mol. The fourth-order valence-electron chi connectivity index (χ4n) is 3.59. The minimum Gasteiger partial charge on any atom is -0.395 e. The van der Waals surface area contributed by atoms with Crippen LogP contribution in [0.1, 0.15) is 32.1 Å². The highest BCUT2D eigenvalue weighted by atomic mass is 19.1. The van der Waals surface area contributed by atoms with E-state index >= 15 is 0 Å². The van der Waals surface area contributed by atoms with Gasteiger partial charge in [0.2, 0.25) is 0 Å². The van der Waals surface area contributed by atoms with Crippen LogP contribution in [0, 0.1) is 11.7 Å². The van der Waals surface area contributed by atoms with Gasteiger partial charge < -0.3 is 15.7 Å². The summed E-state index contributed by atoms with van der Waals surface area (Å²) in [6.45, 7) is 1.53. The first-order valence-corrected chi connectivity index (χ1v) is 7.11. The second kappa shape index (κ2) is 4.67. The summed E-state index contributed by atoms with van der Waals surface area (Å²) in [7, 11) is 0.